The van der Waals surface area contributed by atoms with Crippen molar-refractivity contribution >= 4 is 23.2 Å². The first-order valence-electron chi connectivity index (χ1n) is 10.5. The zero-order valence-electron chi connectivity index (χ0n) is 16.5. The molecular formula is C23H26N4O2. The molecule has 1 saturated carbocycles. The molecule has 2 N–H and O–H groups in total. The fourth-order valence-electron chi connectivity index (χ4n) is 5.28. The van der Waals surface area contributed by atoms with Gasteiger partial charge in [0.05, 0.1) is 11.0 Å². The van der Waals surface area contributed by atoms with Gasteiger partial charge in [-0.2, -0.15) is 0 Å². The van der Waals surface area contributed by atoms with E-state index in [1.54, 1.807) is 29.4 Å². The van der Waals surface area contributed by atoms with E-state index in [0.29, 0.717) is 18.0 Å². The topological polar surface area (TPSA) is 74.3 Å². The standard InChI is InChI=1S/C23H26N4O2/c28-21(17-4-3-10-24-13-17)27-11-8-16-12-19(6-7-20(16)27)26-22(29)23-9-2-1-5-18(23)14-25-15-23/h3-4,6-7,10,12-13,18,25H,1-2,5,8-9,11,14-15H2,(H,26,29)/t18-,23+/m0/s1. The lowest BCUT2D eigenvalue weighted by Gasteiger charge is -2.37. The van der Waals surface area contributed by atoms with Gasteiger partial charge in [-0.25, -0.2) is 0 Å². The third kappa shape index (κ3) is 3.12. The smallest absolute Gasteiger partial charge is 0.259 e. The van der Waals surface area contributed by atoms with E-state index >= 15 is 0 Å². The number of hydrogen-bond acceptors (Lipinski definition) is 4. The van der Waals surface area contributed by atoms with Gasteiger partial charge in [0.25, 0.3) is 5.91 Å². The number of pyridine rings is 1. The number of aromatic nitrogens is 1. The number of hydrogen-bond donors (Lipinski definition) is 2. The fourth-order valence-corrected chi connectivity index (χ4v) is 5.28. The third-order valence-corrected chi connectivity index (χ3v) is 6.88. The zero-order valence-corrected chi connectivity index (χ0v) is 16.5. The van der Waals surface area contributed by atoms with Crippen LogP contribution in [-0.4, -0.2) is 36.4 Å². The Bertz CT molecular complexity index is 945. The summed E-state index contributed by atoms with van der Waals surface area (Å²) < 4.78 is 0. The Labute approximate surface area is 170 Å². The summed E-state index contributed by atoms with van der Waals surface area (Å²) in [6.45, 7) is 2.38. The van der Waals surface area contributed by atoms with Gasteiger partial charge < -0.3 is 15.5 Å². The van der Waals surface area contributed by atoms with E-state index in [1.807, 2.05) is 18.2 Å². The van der Waals surface area contributed by atoms with Crippen LogP contribution < -0.4 is 15.5 Å². The highest BCUT2D eigenvalue weighted by Gasteiger charge is 2.49. The number of rotatable bonds is 3. The summed E-state index contributed by atoms with van der Waals surface area (Å²) in [6, 6.07) is 9.47. The second-order valence-electron chi connectivity index (χ2n) is 8.48. The number of benzene rings is 1. The molecule has 0 spiro atoms. The van der Waals surface area contributed by atoms with Crippen molar-refractivity contribution in [3.8, 4) is 0 Å². The number of carbonyl (C=O) groups is 2. The molecule has 6 nitrogen and oxygen atoms in total. The number of amides is 2. The Balaban J connectivity index is 1.34. The Morgan fingerprint density at radius 2 is 2.17 bits per heavy atom. The number of fused-ring (bicyclic) bond motifs is 2. The fraction of sp³-hybridized carbons (Fsp3) is 0.435. The van der Waals surface area contributed by atoms with Crippen LogP contribution in [-0.2, 0) is 11.2 Å². The van der Waals surface area contributed by atoms with E-state index in [2.05, 4.69) is 15.6 Å². The molecule has 1 aromatic carbocycles. The molecule has 1 aromatic heterocycles. The van der Waals surface area contributed by atoms with E-state index < -0.39 is 0 Å². The summed E-state index contributed by atoms with van der Waals surface area (Å²) in [5, 5.41) is 6.62. The monoisotopic (exact) mass is 390 g/mol. The van der Waals surface area contributed by atoms with Crippen molar-refractivity contribution in [2.45, 2.75) is 32.1 Å². The van der Waals surface area contributed by atoms with Crippen molar-refractivity contribution in [1.29, 1.82) is 0 Å². The predicted octanol–water partition coefficient (Wildman–Crippen LogP) is 3.00. The van der Waals surface area contributed by atoms with Gasteiger partial charge >= 0.3 is 0 Å². The van der Waals surface area contributed by atoms with Gasteiger partial charge in [0, 0.05) is 36.9 Å². The molecule has 2 atom stereocenters. The molecule has 29 heavy (non-hydrogen) atoms. The van der Waals surface area contributed by atoms with Crippen molar-refractivity contribution in [3.63, 3.8) is 0 Å². The van der Waals surface area contributed by atoms with Crippen molar-refractivity contribution in [1.82, 2.24) is 10.3 Å². The van der Waals surface area contributed by atoms with Crippen LogP contribution in [0.5, 0.6) is 0 Å². The quantitative estimate of drug-likeness (QED) is 0.845. The number of nitrogens with zero attached hydrogens (tertiary/aromatic N) is 2. The number of nitrogens with one attached hydrogen (secondary N) is 2. The summed E-state index contributed by atoms with van der Waals surface area (Å²) >= 11 is 0. The number of carbonyl (C=O) groups excluding carboxylic acids is 2. The molecule has 150 valence electrons. The molecular weight excluding hydrogens is 364 g/mol. The lowest BCUT2D eigenvalue weighted by molar-refractivity contribution is -0.128. The minimum absolute atomic E-state index is 0.0328. The summed E-state index contributed by atoms with van der Waals surface area (Å²) in [5.74, 6) is 0.557. The zero-order chi connectivity index (χ0) is 19.8. The highest BCUT2D eigenvalue weighted by molar-refractivity contribution is 6.07. The molecule has 0 unspecified atom stereocenters. The van der Waals surface area contributed by atoms with E-state index in [4.69, 9.17) is 0 Å². The van der Waals surface area contributed by atoms with Gasteiger partial charge in [-0.05, 0) is 67.6 Å². The third-order valence-electron chi connectivity index (χ3n) is 6.88. The first-order valence-corrected chi connectivity index (χ1v) is 10.5. The predicted molar refractivity (Wildman–Crippen MR) is 112 cm³/mol. The van der Waals surface area contributed by atoms with Crippen LogP contribution in [0.3, 0.4) is 0 Å². The maximum Gasteiger partial charge on any atom is 0.259 e. The molecule has 2 aliphatic heterocycles. The first kappa shape index (κ1) is 18.3. The summed E-state index contributed by atoms with van der Waals surface area (Å²) in [4.78, 5) is 31.9. The average molecular weight is 390 g/mol. The minimum Gasteiger partial charge on any atom is -0.326 e. The molecule has 2 aromatic rings. The van der Waals surface area contributed by atoms with E-state index in [0.717, 1.165) is 55.7 Å². The van der Waals surface area contributed by atoms with Crippen molar-refractivity contribution < 1.29 is 9.59 Å². The highest BCUT2D eigenvalue weighted by Crippen LogP contribution is 2.44. The Kier molecular flexibility index (Phi) is 4.59. The lowest BCUT2D eigenvalue weighted by Crippen LogP contribution is -2.44. The summed E-state index contributed by atoms with van der Waals surface area (Å²) in [6.07, 6.45) is 8.51. The Morgan fingerprint density at radius 1 is 1.24 bits per heavy atom. The molecule has 1 aliphatic carbocycles. The summed E-state index contributed by atoms with van der Waals surface area (Å²) in [5.41, 5.74) is 3.18. The van der Waals surface area contributed by atoms with Gasteiger partial charge in [-0.15, -0.1) is 0 Å². The minimum atomic E-state index is -0.264. The first-order chi connectivity index (χ1) is 14.2. The normalized spacial score (nSPS) is 25.4. The summed E-state index contributed by atoms with van der Waals surface area (Å²) in [7, 11) is 0. The largest absolute Gasteiger partial charge is 0.326 e. The van der Waals surface area contributed by atoms with Crippen LogP contribution in [0.25, 0.3) is 0 Å². The van der Waals surface area contributed by atoms with Crippen LogP contribution in [0.15, 0.2) is 42.7 Å². The van der Waals surface area contributed by atoms with Crippen molar-refractivity contribution in [2.24, 2.45) is 11.3 Å². The SMILES string of the molecule is O=C(c1cccnc1)N1CCc2cc(NC(=O)[C@@]34CCCC[C@H]3CNC4)ccc21. The Morgan fingerprint density at radius 3 is 3.03 bits per heavy atom. The van der Waals surface area contributed by atoms with Crippen LogP contribution in [0.2, 0.25) is 0 Å². The molecule has 1 saturated heterocycles. The maximum atomic E-state index is 13.2. The van der Waals surface area contributed by atoms with Gasteiger partial charge in [-0.3, -0.25) is 14.6 Å². The maximum absolute atomic E-state index is 13.2. The molecule has 2 amide bonds. The molecule has 2 fully saturated rings. The molecule has 6 heteroatoms. The van der Waals surface area contributed by atoms with Crippen LogP contribution in [0, 0.1) is 11.3 Å². The van der Waals surface area contributed by atoms with Crippen molar-refractivity contribution in [3.05, 3.63) is 53.9 Å². The van der Waals surface area contributed by atoms with Gasteiger partial charge in [0.15, 0.2) is 0 Å². The van der Waals surface area contributed by atoms with Gasteiger partial charge in [-0.1, -0.05) is 12.8 Å². The molecule has 0 radical (unpaired) electrons. The second-order valence-corrected chi connectivity index (χ2v) is 8.48. The van der Waals surface area contributed by atoms with Crippen LogP contribution in [0.1, 0.15) is 41.6 Å². The average Bonchev–Trinajstić information content (AvgIpc) is 3.38. The lowest BCUT2D eigenvalue weighted by atomic mass is 9.67. The molecule has 5 rings (SSSR count). The van der Waals surface area contributed by atoms with Crippen LogP contribution >= 0.6 is 0 Å². The van der Waals surface area contributed by atoms with Crippen LogP contribution in [0.4, 0.5) is 11.4 Å². The van der Waals surface area contributed by atoms with E-state index in [-0.39, 0.29) is 17.2 Å². The van der Waals surface area contributed by atoms with Gasteiger partial charge in [0.1, 0.15) is 0 Å². The second kappa shape index (κ2) is 7.26. The van der Waals surface area contributed by atoms with Crippen molar-refractivity contribution in [2.75, 3.05) is 29.9 Å². The highest BCUT2D eigenvalue weighted by atomic mass is 16.2. The molecule has 0 bridgehead atoms. The van der Waals surface area contributed by atoms with E-state index in [9.17, 15) is 9.59 Å². The molecule has 3 heterocycles. The molecule has 3 aliphatic rings. The van der Waals surface area contributed by atoms with E-state index in [1.165, 1.54) is 6.42 Å². The van der Waals surface area contributed by atoms with Gasteiger partial charge in [0.2, 0.25) is 5.91 Å². The number of anilines is 2. The Hall–Kier alpha value is -2.73.